The lowest BCUT2D eigenvalue weighted by Gasteiger charge is -2.49. The zero-order chi connectivity index (χ0) is 47.8. The second-order valence-corrected chi connectivity index (χ2v) is 20.5. The number of aryl methyl sites for hydroxylation is 1. The summed E-state index contributed by atoms with van der Waals surface area (Å²) < 4.78 is 46.5. The smallest absolute Gasteiger partial charge is 0.311 e. The number of nitrogens with zero attached hydrogens (tertiary/aromatic N) is 4. The molecule has 5 rings (SSSR count). The van der Waals surface area contributed by atoms with E-state index in [1.54, 1.807) is 48.5 Å². The highest BCUT2D eigenvalue weighted by molar-refractivity contribution is 5.94. The molecule has 3 fully saturated rings. The Labute approximate surface area is 381 Å². The van der Waals surface area contributed by atoms with E-state index in [-0.39, 0.29) is 43.4 Å². The minimum Gasteiger partial charge on any atom is -0.471 e. The van der Waals surface area contributed by atoms with Crippen molar-refractivity contribution in [1.82, 2.24) is 14.4 Å². The molecule has 0 aromatic carbocycles. The summed E-state index contributed by atoms with van der Waals surface area (Å²) in [5.74, 6) is -2.17. The molecule has 0 amide bonds. The molecular weight excluding hydrogens is 829 g/mol. The van der Waals surface area contributed by atoms with Gasteiger partial charge in [0.25, 0.3) is 0 Å². The van der Waals surface area contributed by atoms with Crippen molar-refractivity contribution in [2.24, 2.45) is 29.8 Å². The van der Waals surface area contributed by atoms with Crippen LogP contribution >= 0.6 is 0 Å². The Morgan fingerprint density at radius 1 is 0.938 bits per heavy atom. The van der Waals surface area contributed by atoms with Gasteiger partial charge in [-0.1, -0.05) is 20.8 Å². The van der Waals surface area contributed by atoms with Crippen LogP contribution in [0.1, 0.15) is 108 Å². The van der Waals surface area contributed by atoms with E-state index in [0.717, 1.165) is 5.69 Å². The summed E-state index contributed by atoms with van der Waals surface area (Å²) in [7, 11) is 7.24. The molecule has 64 heavy (non-hydrogen) atoms. The molecular formula is C47H82N4O13. The maximum absolute atomic E-state index is 14.5. The van der Waals surface area contributed by atoms with Gasteiger partial charge < -0.3 is 68.2 Å². The van der Waals surface area contributed by atoms with Crippen molar-refractivity contribution in [3.63, 3.8) is 0 Å². The summed E-state index contributed by atoms with van der Waals surface area (Å²) in [6, 6.07) is 2.73. The van der Waals surface area contributed by atoms with Crippen molar-refractivity contribution < 1.29 is 63.5 Å². The first kappa shape index (κ1) is 52.7. The number of methoxy groups -OCH3 is 1. The second-order valence-electron chi connectivity index (χ2n) is 20.5. The van der Waals surface area contributed by atoms with Gasteiger partial charge in [0.15, 0.2) is 12.6 Å². The number of carbonyl (C=O) groups excluding carboxylic acids is 1. The molecule has 0 aliphatic carbocycles. The third-order valence-electron chi connectivity index (χ3n) is 15.0. The first-order chi connectivity index (χ1) is 29.8. The summed E-state index contributed by atoms with van der Waals surface area (Å²) >= 11 is 0. The van der Waals surface area contributed by atoms with Crippen LogP contribution in [0.25, 0.3) is 0 Å². The molecule has 1 aromatic heterocycles. The summed E-state index contributed by atoms with van der Waals surface area (Å²) in [6.07, 6.45) is -7.52. The Kier molecular flexibility index (Phi) is 17.2. The number of carbonyl (C=O) groups is 1. The van der Waals surface area contributed by atoms with E-state index >= 15 is 0 Å². The van der Waals surface area contributed by atoms with Crippen LogP contribution in [0.3, 0.4) is 0 Å². The number of ether oxygens (including phenoxy) is 7. The average Bonchev–Trinajstić information content (AvgIpc) is 3.83. The second kappa shape index (κ2) is 20.9. The van der Waals surface area contributed by atoms with Gasteiger partial charge in [0.2, 0.25) is 5.90 Å². The quantitative estimate of drug-likeness (QED) is 0.214. The van der Waals surface area contributed by atoms with Crippen molar-refractivity contribution in [2.75, 3.05) is 34.3 Å². The molecule has 5 N–H and O–H groups in total. The van der Waals surface area contributed by atoms with Gasteiger partial charge in [-0.2, -0.15) is 0 Å². The van der Waals surface area contributed by atoms with E-state index in [4.69, 9.17) is 38.2 Å². The number of hydrogen-bond donors (Lipinski definition) is 5. The molecule has 0 bridgehead atoms. The van der Waals surface area contributed by atoms with Gasteiger partial charge >= 0.3 is 5.97 Å². The Bertz CT molecular complexity index is 1720. The van der Waals surface area contributed by atoms with E-state index in [0.29, 0.717) is 25.4 Å². The van der Waals surface area contributed by atoms with Crippen LogP contribution in [0.2, 0.25) is 0 Å². The Hall–Kier alpha value is -2.26. The predicted molar refractivity (Wildman–Crippen MR) is 239 cm³/mol. The Morgan fingerprint density at radius 3 is 2.22 bits per heavy atom. The van der Waals surface area contributed by atoms with Crippen molar-refractivity contribution in [1.29, 1.82) is 0 Å². The van der Waals surface area contributed by atoms with Gasteiger partial charge in [0.05, 0.1) is 47.6 Å². The zero-order valence-corrected chi connectivity index (χ0v) is 41.1. The van der Waals surface area contributed by atoms with Gasteiger partial charge in [0, 0.05) is 57.9 Å². The minimum absolute atomic E-state index is 0.109. The Morgan fingerprint density at radius 2 is 1.61 bits per heavy atom. The van der Waals surface area contributed by atoms with Crippen LogP contribution in [-0.4, -0.2) is 189 Å². The Balaban J connectivity index is 1.52. The lowest BCUT2D eigenvalue weighted by molar-refractivity contribution is -0.318. The van der Waals surface area contributed by atoms with E-state index in [1.165, 1.54) is 7.11 Å². The first-order valence-electron chi connectivity index (χ1n) is 23.4. The van der Waals surface area contributed by atoms with Crippen LogP contribution in [0.4, 0.5) is 0 Å². The molecule has 4 aliphatic rings. The highest BCUT2D eigenvalue weighted by atomic mass is 16.7. The molecule has 17 heteroatoms. The fourth-order valence-electron chi connectivity index (χ4n) is 10.4. The number of aliphatic imine (C=N–C) groups is 1. The topological polar surface area (TPSA) is 207 Å². The van der Waals surface area contributed by atoms with Crippen LogP contribution in [0.15, 0.2) is 23.3 Å². The number of hydrogen-bond acceptors (Lipinski definition) is 16. The van der Waals surface area contributed by atoms with Crippen molar-refractivity contribution in [2.45, 2.75) is 204 Å². The normalized spacial score (nSPS) is 45.9. The van der Waals surface area contributed by atoms with E-state index in [9.17, 15) is 30.3 Å². The van der Waals surface area contributed by atoms with Crippen molar-refractivity contribution in [3.8, 4) is 0 Å². The predicted octanol–water partition coefficient (Wildman–Crippen LogP) is 2.84. The summed E-state index contributed by atoms with van der Waals surface area (Å²) in [6.45, 7) is 20.7. The third-order valence-corrected chi connectivity index (χ3v) is 15.0. The van der Waals surface area contributed by atoms with Gasteiger partial charge in [-0.25, -0.2) is 4.99 Å². The minimum atomic E-state index is -1.62. The molecule has 5 heterocycles. The lowest BCUT2D eigenvalue weighted by Crippen LogP contribution is -2.61. The van der Waals surface area contributed by atoms with E-state index in [1.807, 2.05) is 76.6 Å². The molecule has 368 valence electrons. The van der Waals surface area contributed by atoms with Gasteiger partial charge in [-0.15, -0.1) is 0 Å². The van der Waals surface area contributed by atoms with Gasteiger partial charge in [-0.3, -0.25) is 9.69 Å². The molecule has 0 radical (unpaired) electrons. The summed E-state index contributed by atoms with van der Waals surface area (Å²) in [5.41, 5.74) is -3.27. The fourth-order valence-corrected chi connectivity index (χ4v) is 10.4. The standard InChI is InChI=1S/C47H82N4O13/c1-16-46(10)40(55)36(52)29(6)50(13)23-25(2)21-45(9,57)41(27(4)38(28(5)43(56)64-46)62-35-22-47(11,58-15)39(54)31(8)60-35)63-44-37(53)34(20-26(3)59-44)51(14)24-32-30(7)61-42(48-32)33-18-17-19-49(33)12/h17-19,25-32,34-41,44,52-55,57H,16,20-24H2,1-15H3/t25-,26?,27?,28?,29-,30-,31?,32+,34?,35?,36-,37-,38?,39?,40-,41-,44?,45+,46?,47-/m1/s1. The fraction of sp³-hybridized carbons (Fsp3) is 0.872. The van der Waals surface area contributed by atoms with Crippen LogP contribution in [0, 0.1) is 17.8 Å². The molecule has 10 unspecified atom stereocenters. The molecule has 0 saturated carbocycles. The van der Waals surface area contributed by atoms with Gasteiger partial charge in [0.1, 0.15) is 41.8 Å². The molecule has 4 aliphatic heterocycles. The van der Waals surface area contributed by atoms with E-state index < -0.39 is 102 Å². The summed E-state index contributed by atoms with van der Waals surface area (Å²) in [4.78, 5) is 23.4. The largest absolute Gasteiger partial charge is 0.471 e. The van der Waals surface area contributed by atoms with E-state index in [2.05, 4.69) is 4.90 Å². The van der Waals surface area contributed by atoms with Crippen LogP contribution in [0.5, 0.6) is 0 Å². The molecule has 1 aromatic rings. The number of rotatable bonds is 10. The molecule has 0 spiro atoms. The molecule has 20 atom stereocenters. The number of cyclic esters (lactones) is 1. The zero-order valence-electron chi connectivity index (χ0n) is 41.1. The average molecular weight is 911 g/mol. The van der Waals surface area contributed by atoms with Crippen molar-refractivity contribution in [3.05, 3.63) is 24.0 Å². The number of esters is 1. The third kappa shape index (κ3) is 11.4. The summed E-state index contributed by atoms with van der Waals surface area (Å²) in [5, 5.41) is 59.3. The lowest BCUT2D eigenvalue weighted by atomic mass is 9.77. The highest BCUT2D eigenvalue weighted by Crippen LogP contribution is 2.40. The SMILES string of the molecule is CCC1(C)OC(=O)C(C)C(OC2C[C@@](C)(OC)C(O)C(C)O2)C(C)[C@@H](OC2OC(C)CC(N(C)C[C@@H]3N=C(c4cccn4C)O[C@@H]3C)[C@H]2O)[C@@](C)(O)C[C@@H](C)CN(C)[C@H](C)[C@@H](O)[C@H]1O. The number of aliphatic hydroxyl groups excluding tert-OH is 4. The number of likely N-dealkylation sites (N-methyl/N-ethyl adjacent to an activating group) is 2. The van der Waals surface area contributed by atoms with Crippen LogP contribution < -0.4 is 0 Å². The first-order valence-corrected chi connectivity index (χ1v) is 23.4. The van der Waals surface area contributed by atoms with Crippen LogP contribution in [-0.2, 0) is 45.0 Å². The maximum atomic E-state index is 14.5. The molecule has 3 saturated heterocycles. The monoisotopic (exact) mass is 911 g/mol. The van der Waals surface area contributed by atoms with Gasteiger partial charge in [-0.05, 0) is 107 Å². The number of aliphatic hydroxyl groups is 5. The molecule has 17 nitrogen and oxygen atoms in total. The maximum Gasteiger partial charge on any atom is 0.311 e. The van der Waals surface area contributed by atoms with Crippen molar-refractivity contribution >= 4 is 11.9 Å². The number of aromatic nitrogens is 1. The highest BCUT2D eigenvalue weighted by Gasteiger charge is 2.53.